The Balaban J connectivity index is 3.32. The normalized spacial score (nSPS) is 12.8. The number of aliphatic hydroxyl groups excluding tert-OH is 1. The van der Waals surface area contributed by atoms with Crippen LogP contribution in [0, 0.1) is 0 Å². The number of rotatable bonds is 8. The van der Waals surface area contributed by atoms with Gasteiger partial charge in [0.05, 0.1) is 12.7 Å². The number of hydrogen-bond acceptors (Lipinski definition) is 5. The molecule has 12 heavy (non-hydrogen) atoms. The molecule has 0 radical (unpaired) electrons. The molecule has 0 bridgehead atoms. The first-order valence-electron chi connectivity index (χ1n) is 3.61. The third-order valence-corrected chi connectivity index (χ3v) is 3.00. The van der Waals surface area contributed by atoms with Crippen molar-refractivity contribution in [3.8, 4) is 0 Å². The van der Waals surface area contributed by atoms with Crippen LogP contribution in [-0.2, 0) is 9.53 Å². The summed E-state index contributed by atoms with van der Waals surface area (Å²) in [5, 5.41) is 8.50. The highest BCUT2D eigenvalue weighted by Gasteiger charge is 2.06. The van der Waals surface area contributed by atoms with E-state index in [9.17, 15) is 4.79 Å². The lowest BCUT2D eigenvalue weighted by atomic mass is 10.5. The van der Waals surface area contributed by atoms with Crippen molar-refractivity contribution in [3.63, 3.8) is 0 Å². The highest BCUT2D eigenvalue weighted by molar-refractivity contribution is 8.11. The Morgan fingerprint density at radius 3 is 2.83 bits per heavy atom. The molecule has 0 saturated carbocycles. The molecule has 0 spiro atoms. The predicted molar refractivity (Wildman–Crippen MR) is 54.4 cm³/mol. The van der Waals surface area contributed by atoms with Crippen LogP contribution >= 0.6 is 23.5 Å². The smallest absolute Gasteiger partial charge is 0.176 e. The van der Waals surface area contributed by atoms with Gasteiger partial charge >= 0.3 is 0 Å². The Morgan fingerprint density at radius 2 is 2.33 bits per heavy atom. The van der Waals surface area contributed by atoms with Gasteiger partial charge in [-0.25, -0.2) is 0 Å². The van der Waals surface area contributed by atoms with Gasteiger partial charge in [-0.1, -0.05) is 11.8 Å². The number of carbonyl (C=O) groups excluding carboxylic acids is 1. The van der Waals surface area contributed by atoms with Crippen LogP contribution in [0.15, 0.2) is 0 Å². The Kier molecular flexibility index (Phi) is 9.61. The lowest BCUT2D eigenvalue weighted by Crippen LogP contribution is -2.17. The second kappa shape index (κ2) is 9.38. The van der Waals surface area contributed by atoms with Gasteiger partial charge in [0.15, 0.2) is 5.62 Å². The zero-order valence-corrected chi connectivity index (χ0v) is 8.70. The van der Waals surface area contributed by atoms with Gasteiger partial charge in [0, 0.05) is 24.4 Å². The molecule has 0 aromatic carbocycles. The van der Waals surface area contributed by atoms with Crippen molar-refractivity contribution in [1.82, 2.24) is 0 Å². The highest BCUT2D eigenvalue weighted by Crippen LogP contribution is 2.09. The van der Waals surface area contributed by atoms with Gasteiger partial charge in [-0.05, 0) is 0 Å². The van der Waals surface area contributed by atoms with E-state index in [1.807, 2.05) is 0 Å². The summed E-state index contributed by atoms with van der Waals surface area (Å²) in [4.78, 5) is 10.0. The molecule has 1 unspecified atom stereocenters. The van der Waals surface area contributed by atoms with Crippen molar-refractivity contribution in [2.45, 2.75) is 6.10 Å². The second-order valence-corrected chi connectivity index (χ2v) is 4.09. The Labute approximate surface area is 81.2 Å². The number of ether oxygens (including phenoxy) is 1. The predicted octanol–water partition coefficient (Wildman–Crippen LogP) is 0.650. The molecule has 72 valence electrons. The minimum atomic E-state index is 0.108. The molecule has 0 fully saturated rings. The number of hydrogen-bond donors (Lipinski definition) is 1. The molecule has 0 aliphatic rings. The standard InChI is InChI=1S/C7H14O3S2/c1-10-7(5-12-6-9)4-11-3-2-8/h6-8H,2-5H2,1H3. The van der Waals surface area contributed by atoms with Crippen molar-refractivity contribution in [1.29, 1.82) is 0 Å². The van der Waals surface area contributed by atoms with Crippen LogP contribution in [0.2, 0.25) is 0 Å². The Hall–Kier alpha value is 0.290. The van der Waals surface area contributed by atoms with Gasteiger partial charge in [0.2, 0.25) is 0 Å². The van der Waals surface area contributed by atoms with Crippen molar-refractivity contribution in [2.24, 2.45) is 0 Å². The molecular formula is C7H14O3S2. The third-order valence-electron chi connectivity index (χ3n) is 1.22. The van der Waals surface area contributed by atoms with E-state index >= 15 is 0 Å². The van der Waals surface area contributed by atoms with Crippen LogP contribution in [0.25, 0.3) is 0 Å². The van der Waals surface area contributed by atoms with Crippen molar-refractivity contribution >= 4 is 29.1 Å². The zero-order valence-electron chi connectivity index (χ0n) is 7.06. The maximum atomic E-state index is 10.0. The molecule has 0 aliphatic heterocycles. The van der Waals surface area contributed by atoms with Gasteiger partial charge in [-0.2, -0.15) is 11.8 Å². The minimum absolute atomic E-state index is 0.108. The number of methoxy groups -OCH3 is 1. The first-order chi connectivity index (χ1) is 5.85. The number of aliphatic hydroxyl groups is 1. The fraction of sp³-hybridized carbons (Fsp3) is 0.857. The van der Waals surface area contributed by atoms with E-state index in [2.05, 4.69) is 0 Å². The summed E-state index contributed by atoms with van der Waals surface area (Å²) in [6, 6.07) is 0. The number of thioether (sulfide) groups is 2. The molecular weight excluding hydrogens is 196 g/mol. The Morgan fingerprint density at radius 1 is 1.58 bits per heavy atom. The monoisotopic (exact) mass is 210 g/mol. The van der Waals surface area contributed by atoms with E-state index < -0.39 is 0 Å². The largest absolute Gasteiger partial charge is 0.396 e. The first-order valence-corrected chi connectivity index (χ1v) is 5.82. The SMILES string of the molecule is COC(CSC=O)CSCCO. The second-order valence-electron chi connectivity index (χ2n) is 2.09. The summed E-state index contributed by atoms with van der Waals surface area (Å²) in [5.74, 6) is 2.25. The molecule has 0 saturated heterocycles. The van der Waals surface area contributed by atoms with Crippen LogP contribution < -0.4 is 0 Å². The third kappa shape index (κ3) is 6.97. The maximum Gasteiger partial charge on any atom is 0.176 e. The van der Waals surface area contributed by atoms with Crippen LogP contribution in [0.5, 0.6) is 0 Å². The average Bonchev–Trinajstić information content (AvgIpc) is 2.11. The van der Waals surface area contributed by atoms with E-state index in [1.165, 1.54) is 11.8 Å². The van der Waals surface area contributed by atoms with Crippen molar-refractivity contribution in [3.05, 3.63) is 0 Å². The lowest BCUT2D eigenvalue weighted by Gasteiger charge is -2.11. The molecule has 0 heterocycles. The van der Waals surface area contributed by atoms with Crippen molar-refractivity contribution < 1.29 is 14.6 Å². The van der Waals surface area contributed by atoms with Crippen LogP contribution in [0.1, 0.15) is 0 Å². The van der Waals surface area contributed by atoms with Gasteiger partial charge in [-0.15, -0.1) is 0 Å². The summed E-state index contributed by atoms with van der Waals surface area (Å²) in [6.07, 6.45) is 0.108. The maximum absolute atomic E-state index is 10.0. The lowest BCUT2D eigenvalue weighted by molar-refractivity contribution is 0.141. The summed E-state index contributed by atoms with van der Waals surface area (Å²) in [7, 11) is 1.63. The van der Waals surface area contributed by atoms with Gasteiger partial charge in [0.1, 0.15) is 0 Å². The summed E-state index contributed by atoms with van der Waals surface area (Å²) in [6.45, 7) is 0.196. The first kappa shape index (κ1) is 12.3. The Bertz CT molecular complexity index is 111. The van der Waals surface area contributed by atoms with E-state index in [4.69, 9.17) is 9.84 Å². The van der Waals surface area contributed by atoms with E-state index in [0.29, 0.717) is 5.75 Å². The van der Waals surface area contributed by atoms with E-state index in [-0.39, 0.29) is 12.7 Å². The fourth-order valence-corrected chi connectivity index (χ4v) is 2.12. The van der Waals surface area contributed by atoms with E-state index in [1.54, 1.807) is 18.9 Å². The topological polar surface area (TPSA) is 46.5 Å². The highest BCUT2D eigenvalue weighted by atomic mass is 32.2. The summed E-state index contributed by atoms with van der Waals surface area (Å²) >= 11 is 2.85. The van der Waals surface area contributed by atoms with Gasteiger partial charge in [-0.3, -0.25) is 4.79 Å². The van der Waals surface area contributed by atoms with E-state index in [0.717, 1.165) is 17.1 Å². The average molecular weight is 210 g/mol. The molecule has 0 aromatic heterocycles. The number of carbonyl (C=O) groups is 1. The fourth-order valence-electron chi connectivity index (χ4n) is 0.610. The summed E-state index contributed by atoms with van der Waals surface area (Å²) < 4.78 is 5.12. The molecule has 3 nitrogen and oxygen atoms in total. The summed E-state index contributed by atoms with van der Waals surface area (Å²) in [5.41, 5.74) is 0.822. The van der Waals surface area contributed by atoms with Crippen LogP contribution in [0.3, 0.4) is 0 Å². The minimum Gasteiger partial charge on any atom is -0.396 e. The molecule has 0 aliphatic carbocycles. The van der Waals surface area contributed by atoms with Crippen LogP contribution in [-0.4, -0.2) is 47.8 Å². The quantitative estimate of drug-likeness (QED) is 0.471. The van der Waals surface area contributed by atoms with Crippen molar-refractivity contribution in [2.75, 3.05) is 31.0 Å². The van der Waals surface area contributed by atoms with Gasteiger partial charge < -0.3 is 9.84 Å². The van der Waals surface area contributed by atoms with Crippen LogP contribution in [0.4, 0.5) is 0 Å². The molecule has 0 rings (SSSR count). The molecule has 0 aromatic rings. The molecule has 5 heteroatoms. The molecule has 0 amide bonds. The molecule has 1 N–H and O–H groups in total. The molecule has 1 atom stereocenters. The van der Waals surface area contributed by atoms with Gasteiger partial charge in [0.25, 0.3) is 0 Å². The zero-order chi connectivity index (χ0) is 9.23.